The number of nitrogen functional groups attached to an aromatic ring is 1. The fourth-order valence-electron chi connectivity index (χ4n) is 3.42. The maximum atomic E-state index is 14.0. The lowest BCUT2D eigenvalue weighted by Gasteiger charge is -2.27. The van der Waals surface area contributed by atoms with Crippen molar-refractivity contribution in [1.82, 2.24) is 14.5 Å². The summed E-state index contributed by atoms with van der Waals surface area (Å²) in [4.78, 5) is 43.2. The fourth-order valence-corrected chi connectivity index (χ4v) is 3.42. The number of nitrogens with zero attached hydrogens (tertiary/aromatic N) is 3. The van der Waals surface area contributed by atoms with Gasteiger partial charge in [-0.05, 0) is 30.7 Å². The number of rotatable bonds is 11. The zero-order valence-electron chi connectivity index (χ0n) is 19.7. The zero-order chi connectivity index (χ0) is 24.7. The van der Waals surface area contributed by atoms with Crippen LogP contribution in [0.2, 0.25) is 0 Å². The number of hydrogen-bond donors (Lipinski definition) is 2. The van der Waals surface area contributed by atoms with E-state index in [4.69, 9.17) is 15.2 Å². The molecule has 2 rings (SSSR count). The normalized spacial score (nSPS) is 11.3. The topological polar surface area (TPSA) is 123 Å². The lowest BCUT2D eigenvalue weighted by molar-refractivity contribution is -0.119. The molecule has 1 aromatic carbocycles. The van der Waals surface area contributed by atoms with E-state index < -0.39 is 23.0 Å². The second kappa shape index (κ2) is 11.6. The molecule has 10 nitrogen and oxygen atoms in total. The first kappa shape index (κ1) is 26.1. The summed E-state index contributed by atoms with van der Waals surface area (Å²) < 4.78 is 25.3. The van der Waals surface area contributed by atoms with Crippen molar-refractivity contribution in [2.75, 3.05) is 51.6 Å². The Morgan fingerprint density at radius 2 is 1.97 bits per heavy atom. The van der Waals surface area contributed by atoms with E-state index in [0.717, 1.165) is 0 Å². The van der Waals surface area contributed by atoms with Gasteiger partial charge in [0.1, 0.15) is 5.82 Å². The summed E-state index contributed by atoms with van der Waals surface area (Å²) in [6.45, 7) is 4.50. The molecule has 0 spiro atoms. The maximum absolute atomic E-state index is 14.0. The van der Waals surface area contributed by atoms with Crippen molar-refractivity contribution in [1.29, 1.82) is 0 Å². The van der Waals surface area contributed by atoms with Crippen LogP contribution < -0.4 is 26.6 Å². The molecule has 0 aliphatic heterocycles. The van der Waals surface area contributed by atoms with Crippen molar-refractivity contribution in [3.8, 4) is 5.75 Å². The van der Waals surface area contributed by atoms with Crippen LogP contribution in [0.5, 0.6) is 5.75 Å². The molecule has 0 unspecified atom stereocenters. The van der Waals surface area contributed by atoms with Gasteiger partial charge in [-0.15, -0.1) is 0 Å². The van der Waals surface area contributed by atoms with Crippen molar-refractivity contribution in [2.24, 2.45) is 5.92 Å². The van der Waals surface area contributed by atoms with E-state index in [2.05, 4.69) is 4.98 Å². The van der Waals surface area contributed by atoms with Gasteiger partial charge in [0.2, 0.25) is 5.91 Å². The quantitative estimate of drug-likeness (QED) is 0.508. The first-order chi connectivity index (χ1) is 15.6. The average Bonchev–Trinajstić information content (AvgIpc) is 2.73. The Hall–Kier alpha value is -3.18. The van der Waals surface area contributed by atoms with Crippen molar-refractivity contribution < 1.29 is 18.7 Å². The number of H-pyrrole nitrogens is 1. The van der Waals surface area contributed by atoms with Crippen LogP contribution in [0.15, 0.2) is 27.8 Å². The number of benzene rings is 1. The summed E-state index contributed by atoms with van der Waals surface area (Å²) in [5, 5.41) is 0. The number of carbonyl (C=O) groups is 1. The van der Waals surface area contributed by atoms with E-state index in [1.807, 2.05) is 13.8 Å². The van der Waals surface area contributed by atoms with Crippen LogP contribution in [0.3, 0.4) is 0 Å². The van der Waals surface area contributed by atoms with E-state index in [9.17, 15) is 18.8 Å². The molecule has 0 bridgehead atoms. The lowest BCUT2D eigenvalue weighted by atomic mass is 10.2. The van der Waals surface area contributed by atoms with Gasteiger partial charge in [0.25, 0.3) is 5.56 Å². The number of nitrogens with two attached hydrogens (primary N) is 1. The lowest BCUT2D eigenvalue weighted by Crippen LogP contribution is -2.46. The first-order valence-electron chi connectivity index (χ1n) is 10.5. The molecule has 0 atom stereocenters. The molecule has 1 heterocycles. The number of carbonyl (C=O) groups excluding carboxylic acids is 1. The van der Waals surface area contributed by atoms with Gasteiger partial charge in [0.15, 0.2) is 17.3 Å². The number of likely N-dealkylation sites (N-methyl/N-ethyl adjacent to an activating group) is 1. The molecule has 1 amide bonds. The van der Waals surface area contributed by atoms with Crippen molar-refractivity contribution in [3.05, 3.63) is 50.4 Å². The third-order valence-corrected chi connectivity index (χ3v) is 4.93. The largest absolute Gasteiger partial charge is 0.494 e. The third kappa shape index (κ3) is 6.65. The van der Waals surface area contributed by atoms with Crippen molar-refractivity contribution >= 4 is 17.4 Å². The number of anilines is 2. The third-order valence-electron chi connectivity index (χ3n) is 4.93. The summed E-state index contributed by atoms with van der Waals surface area (Å²) in [6.07, 6.45) is 0. The van der Waals surface area contributed by atoms with Crippen LogP contribution in [0, 0.1) is 11.7 Å². The Balaban J connectivity index is 2.31. The number of methoxy groups -OCH3 is 2. The molecule has 0 aliphatic rings. The van der Waals surface area contributed by atoms with Crippen LogP contribution >= 0.6 is 0 Å². The van der Waals surface area contributed by atoms with Gasteiger partial charge >= 0.3 is 5.69 Å². The molecule has 2 aromatic rings. The summed E-state index contributed by atoms with van der Waals surface area (Å²) in [6, 6.07) is 4.56. The van der Waals surface area contributed by atoms with Crippen LogP contribution in [-0.2, 0) is 22.6 Å². The minimum atomic E-state index is -0.748. The first-order valence-corrected chi connectivity index (χ1v) is 10.5. The van der Waals surface area contributed by atoms with E-state index in [1.54, 1.807) is 18.0 Å². The van der Waals surface area contributed by atoms with Crippen LogP contribution in [-0.4, -0.2) is 61.3 Å². The molecular formula is C22H32FN5O5. The number of halogens is 1. The molecule has 11 heteroatoms. The van der Waals surface area contributed by atoms with Gasteiger partial charge in [-0.3, -0.25) is 24.0 Å². The number of amides is 1. The van der Waals surface area contributed by atoms with Gasteiger partial charge < -0.3 is 20.1 Å². The molecule has 0 saturated heterocycles. The Labute approximate surface area is 191 Å². The monoisotopic (exact) mass is 465 g/mol. The minimum absolute atomic E-state index is 0.0630. The Bertz CT molecular complexity index is 1080. The average molecular weight is 466 g/mol. The molecule has 0 aliphatic carbocycles. The summed E-state index contributed by atoms with van der Waals surface area (Å²) >= 11 is 0. The van der Waals surface area contributed by atoms with E-state index in [-0.39, 0.29) is 56.0 Å². The second-order valence-corrected chi connectivity index (χ2v) is 8.18. The summed E-state index contributed by atoms with van der Waals surface area (Å²) in [5.41, 5.74) is 5.36. The molecule has 0 saturated carbocycles. The van der Waals surface area contributed by atoms with Crippen LogP contribution in [0.1, 0.15) is 19.4 Å². The maximum Gasteiger partial charge on any atom is 0.330 e. The number of hydrogen-bond acceptors (Lipinski definition) is 7. The fraction of sp³-hybridized carbons (Fsp3) is 0.500. The number of nitrogens with one attached hydrogen (secondary N) is 1. The van der Waals surface area contributed by atoms with E-state index >= 15 is 0 Å². The standard InChI is InChI=1S/C22H32FN5O5/c1-14(2)11-28-20(24)19(21(30)25-22(28)31)27(8-9-32-4)18(29)13-26(3)12-15-6-7-17(33-5)16(23)10-15/h6-7,10,14H,8-9,11-13,24H2,1-5H3,(H,25,30,31). The Kier molecular flexibility index (Phi) is 9.18. The second-order valence-electron chi connectivity index (χ2n) is 8.18. The van der Waals surface area contributed by atoms with Crippen LogP contribution in [0.4, 0.5) is 15.9 Å². The predicted molar refractivity (Wildman–Crippen MR) is 124 cm³/mol. The van der Waals surface area contributed by atoms with Crippen molar-refractivity contribution in [3.63, 3.8) is 0 Å². The van der Waals surface area contributed by atoms with Gasteiger partial charge in [0.05, 0.1) is 20.3 Å². The number of ether oxygens (including phenoxy) is 2. The summed E-state index contributed by atoms with van der Waals surface area (Å²) in [5.74, 6) is -0.780. The smallest absolute Gasteiger partial charge is 0.330 e. The van der Waals surface area contributed by atoms with E-state index in [1.165, 1.54) is 35.8 Å². The van der Waals surface area contributed by atoms with Gasteiger partial charge in [-0.25, -0.2) is 9.18 Å². The highest BCUT2D eigenvalue weighted by atomic mass is 19.1. The molecule has 1 aromatic heterocycles. The predicted octanol–water partition coefficient (Wildman–Crippen LogP) is 1.03. The van der Waals surface area contributed by atoms with Gasteiger partial charge in [0, 0.05) is 26.7 Å². The Morgan fingerprint density at radius 3 is 2.55 bits per heavy atom. The molecule has 3 N–H and O–H groups in total. The number of aromatic amines is 1. The van der Waals surface area contributed by atoms with E-state index in [0.29, 0.717) is 5.56 Å². The zero-order valence-corrected chi connectivity index (χ0v) is 19.7. The highest BCUT2D eigenvalue weighted by molar-refractivity contribution is 5.96. The highest BCUT2D eigenvalue weighted by Crippen LogP contribution is 2.20. The number of aromatic nitrogens is 2. The van der Waals surface area contributed by atoms with Crippen molar-refractivity contribution in [2.45, 2.75) is 26.9 Å². The minimum Gasteiger partial charge on any atom is -0.494 e. The van der Waals surface area contributed by atoms with Gasteiger partial charge in [-0.1, -0.05) is 19.9 Å². The van der Waals surface area contributed by atoms with Gasteiger partial charge in [-0.2, -0.15) is 0 Å². The highest BCUT2D eigenvalue weighted by Gasteiger charge is 2.25. The molecule has 0 fully saturated rings. The molecular weight excluding hydrogens is 433 g/mol. The molecule has 33 heavy (non-hydrogen) atoms. The molecule has 182 valence electrons. The Morgan fingerprint density at radius 1 is 1.27 bits per heavy atom. The van der Waals surface area contributed by atoms with Crippen LogP contribution in [0.25, 0.3) is 0 Å². The summed E-state index contributed by atoms with van der Waals surface area (Å²) in [7, 11) is 4.55. The SMILES string of the molecule is COCCN(C(=O)CN(C)Cc1ccc(OC)c(F)c1)c1c(N)n(CC(C)C)c(=O)[nH]c1=O. The molecule has 0 radical (unpaired) electrons.